The molecule has 0 amide bonds. The van der Waals surface area contributed by atoms with Crippen LogP contribution >= 0.6 is 11.8 Å². The zero-order chi connectivity index (χ0) is 28.9. The number of thioether (sulfide) groups is 1. The summed E-state index contributed by atoms with van der Waals surface area (Å²) in [5, 5.41) is 12.9. The normalized spacial score (nSPS) is 41.6. The SMILES string of the molecule is CC(=O)O[C@H]1CC[C@]2(C)[C@H]3CC[C@]4(C)[C@@H]([C@H](C)CCCC(C)C)CC[C@H]4[C@@H]3C[C@@H](Sc3ccc(C)cc3)[C@@]2(O)C1. The van der Waals surface area contributed by atoms with Crippen molar-refractivity contribution in [1.29, 1.82) is 0 Å². The average Bonchev–Trinajstić information content (AvgIpc) is 3.24. The Labute approximate surface area is 249 Å². The molecule has 0 saturated heterocycles. The number of ether oxygens (including phenoxy) is 1. The molecule has 0 aromatic heterocycles. The molecule has 4 aliphatic carbocycles. The van der Waals surface area contributed by atoms with Gasteiger partial charge in [0.2, 0.25) is 0 Å². The van der Waals surface area contributed by atoms with Crippen LogP contribution in [0.2, 0.25) is 0 Å². The summed E-state index contributed by atoms with van der Waals surface area (Å²) < 4.78 is 5.77. The van der Waals surface area contributed by atoms with Crippen LogP contribution in [0.4, 0.5) is 0 Å². The highest BCUT2D eigenvalue weighted by molar-refractivity contribution is 8.00. The van der Waals surface area contributed by atoms with Crippen LogP contribution in [0.5, 0.6) is 0 Å². The number of benzene rings is 1. The molecule has 4 aliphatic rings. The fourth-order valence-electron chi connectivity index (χ4n) is 10.5. The molecule has 0 heterocycles. The van der Waals surface area contributed by atoms with Crippen molar-refractivity contribution >= 4 is 17.7 Å². The fraction of sp³-hybridized carbons (Fsp3) is 0.806. The second-order valence-electron chi connectivity index (χ2n) is 15.4. The van der Waals surface area contributed by atoms with Crippen LogP contribution in [0.3, 0.4) is 0 Å². The standard InChI is InChI=1S/C36H56O3S/c1-23(2)9-8-10-25(4)30-15-16-31-29-21-33(40-28-13-11-24(3)12-14-28)36(38)22-27(39-26(5)37)17-20-35(36,7)32(29)18-19-34(30,31)6/h11-14,23,25,27,29-33,38H,8-10,15-22H2,1-7H3/t25-,27+,29+,30-,31+,32+,33-,34-,35-,36+/m1/s1. The third-order valence-corrected chi connectivity index (χ3v) is 14.0. The van der Waals surface area contributed by atoms with E-state index in [4.69, 9.17) is 4.74 Å². The van der Waals surface area contributed by atoms with Crippen LogP contribution in [-0.2, 0) is 9.53 Å². The predicted octanol–water partition coefficient (Wildman–Crippen LogP) is 9.23. The Balaban J connectivity index is 1.43. The summed E-state index contributed by atoms with van der Waals surface area (Å²) in [6, 6.07) is 8.85. The summed E-state index contributed by atoms with van der Waals surface area (Å²) in [5.74, 6) is 4.21. The summed E-state index contributed by atoms with van der Waals surface area (Å²) in [6.07, 6.45) is 12.7. The number of aryl methyl sites for hydroxylation is 1. The summed E-state index contributed by atoms with van der Waals surface area (Å²) >= 11 is 1.90. The van der Waals surface area contributed by atoms with Gasteiger partial charge in [0, 0.05) is 28.9 Å². The number of rotatable bonds is 8. The van der Waals surface area contributed by atoms with Crippen LogP contribution in [0.1, 0.15) is 118 Å². The molecule has 0 bridgehead atoms. The third-order valence-electron chi connectivity index (χ3n) is 12.6. The maximum absolute atomic E-state index is 12.8. The molecule has 4 heteroatoms. The van der Waals surface area contributed by atoms with Gasteiger partial charge in [0.1, 0.15) is 6.10 Å². The number of carbonyl (C=O) groups excluding carboxylic acids is 1. The molecule has 10 atom stereocenters. The zero-order valence-electron chi connectivity index (χ0n) is 26.4. The van der Waals surface area contributed by atoms with Crippen molar-refractivity contribution in [1.82, 2.24) is 0 Å². The lowest BCUT2D eigenvalue weighted by Gasteiger charge is -2.66. The molecule has 0 unspecified atom stereocenters. The molecular weight excluding hydrogens is 512 g/mol. The number of esters is 1. The van der Waals surface area contributed by atoms with Crippen molar-refractivity contribution in [3.63, 3.8) is 0 Å². The number of aliphatic hydroxyl groups is 1. The van der Waals surface area contributed by atoms with E-state index in [1.54, 1.807) is 0 Å². The molecular formula is C36H56O3S. The maximum atomic E-state index is 12.8. The summed E-state index contributed by atoms with van der Waals surface area (Å²) in [4.78, 5) is 13.2. The van der Waals surface area contributed by atoms with Crippen LogP contribution < -0.4 is 0 Å². The minimum atomic E-state index is -0.835. The largest absolute Gasteiger partial charge is 0.462 e. The van der Waals surface area contributed by atoms with Crippen LogP contribution in [0, 0.1) is 53.3 Å². The van der Waals surface area contributed by atoms with E-state index in [1.807, 2.05) is 11.8 Å². The highest BCUT2D eigenvalue weighted by atomic mass is 32.2. The van der Waals surface area contributed by atoms with Crippen molar-refractivity contribution in [3.05, 3.63) is 29.8 Å². The summed E-state index contributed by atoms with van der Waals surface area (Å²) in [5.41, 5.74) is 0.722. The van der Waals surface area contributed by atoms with E-state index in [2.05, 4.69) is 65.8 Å². The van der Waals surface area contributed by atoms with Gasteiger partial charge in [-0.05, 0) is 105 Å². The first kappa shape index (κ1) is 30.5. The van der Waals surface area contributed by atoms with Crippen molar-refractivity contribution in [2.24, 2.45) is 46.3 Å². The fourth-order valence-corrected chi connectivity index (χ4v) is 12.0. The predicted molar refractivity (Wildman–Crippen MR) is 166 cm³/mol. The van der Waals surface area contributed by atoms with E-state index in [-0.39, 0.29) is 22.7 Å². The monoisotopic (exact) mass is 568 g/mol. The number of hydrogen-bond donors (Lipinski definition) is 1. The molecule has 0 radical (unpaired) electrons. The first-order valence-electron chi connectivity index (χ1n) is 16.5. The highest BCUT2D eigenvalue weighted by Crippen LogP contribution is 2.70. The number of hydrogen-bond acceptors (Lipinski definition) is 4. The van der Waals surface area contributed by atoms with Gasteiger partial charge in [0.05, 0.1) is 5.60 Å². The quantitative estimate of drug-likeness (QED) is 0.318. The van der Waals surface area contributed by atoms with E-state index in [0.717, 1.165) is 42.9 Å². The van der Waals surface area contributed by atoms with Crippen molar-refractivity contribution in [3.8, 4) is 0 Å². The summed E-state index contributed by atoms with van der Waals surface area (Å²) in [7, 11) is 0. The third kappa shape index (κ3) is 5.43. The first-order chi connectivity index (χ1) is 18.9. The smallest absolute Gasteiger partial charge is 0.302 e. The molecule has 224 valence electrons. The van der Waals surface area contributed by atoms with E-state index in [0.29, 0.717) is 23.7 Å². The van der Waals surface area contributed by atoms with Gasteiger partial charge in [0.15, 0.2) is 0 Å². The molecule has 40 heavy (non-hydrogen) atoms. The Morgan fingerprint density at radius 1 is 1.02 bits per heavy atom. The van der Waals surface area contributed by atoms with Gasteiger partial charge in [-0.15, -0.1) is 11.8 Å². The highest BCUT2D eigenvalue weighted by Gasteiger charge is 2.68. The Bertz CT molecular complexity index is 1040. The molecule has 3 nitrogen and oxygen atoms in total. The second kappa shape index (κ2) is 11.6. The lowest BCUT2D eigenvalue weighted by molar-refractivity contribution is -0.220. The molecule has 1 N–H and O–H groups in total. The zero-order valence-corrected chi connectivity index (χ0v) is 27.2. The molecule has 5 rings (SSSR count). The molecule has 1 aromatic rings. The van der Waals surface area contributed by atoms with E-state index >= 15 is 0 Å². The van der Waals surface area contributed by atoms with E-state index in [1.165, 1.54) is 62.3 Å². The van der Waals surface area contributed by atoms with Crippen molar-refractivity contribution < 1.29 is 14.6 Å². The minimum absolute atomic E-state index is 0.115. The van der Waals surface area contributed by atoms with Gasteiger partial charge in [-0.3, -0.25) is 4.79 Å². The van der Waals surface area contributed by atoms with E-state index in [9.17, 15) is 9.90 Å². The average molecular weight is 569 g/mol. The number of fused-ring (bicyclic) bond motifs is 5. The molecule has 4 fully saturated rings. The Hall–Kier alpha value is -1.00. The lowest BCUT2D eigenvalue weighted by atomic mass is 9.42. The van der Waals surface area contributed by atoms with Gasteiger partial charge in [0.25, 0.3) is 0 Å². The van der Waals surface area contributed by atoms with Gasteiger partial charge in [-0.1, -0.05) is 71.6 Å². The van der Waals surface area contributed by atoms with Gasteiger partial charge < -0.3 is 9.84 Å². The van der Waals surface area contributed by atoms with Crippen molar-refractivity contribution in [2.45, 2.75) is 141 Å². The summed E-state index contributed by atoms with van der Waals surface area (Å²) in [6.45, 7) is 16.0. The van der Waals surface area contributed by atoms with Gasteiger partial charge in [-0.2, -0.15) is 0 Å². The Kier molecular flexibility index (Phi) is 8.82. The topological polar surface area (TPSA) is 46.5 Å². The Morgan fingerprint density at radius 2 is 1.75 bits per heavy atom. The first-order valence-corrected chi connectivity index (χ1v) is 17.4. The minimum Gasteiger partial charge on any atom is -0.462 e. The molecule has 1 aromatic carbocycles. The van der Waals surface area contributed by atoms with Gasteiger partial charge >= 0.3 is 5.97 Å². The van der Waals surface area contributed by atoms with Gasteiger partial charge in [-0.25, -0.2) is 0 Å². The molecule has 0 aliphatic heterocycles. The number of carbonyl (C=O) groups is 1. The lowest BCUT2D eigenvalue weighted by Crippen LogP contribution is -2.68. The van der Waals surface area contributed by atoms with Crippen LogP contribution in [0.15, 0.2) is 29.2 Å². The maximum Gasteiger partial charge on any atom is 0.302 e. The van der Waals surface area contributed by atoms with Crippen LogP contribution in [-0.4, -0.2) is 28.0 Å². The van der Waals surface area contributed by atoms with Crippen LogP contribution in [0.25, 0.3) is 0 Å². The Morgan fingerprint density at radius 3 is 2.42 bits per heavy atom. The second-order valence-corrected chi connectivity index (χ2v) is 16.7. The molecule has 4 saturated carbocycles. The van der Waals surface area contributed by atoms with E-state index < -0.39 is 5.60 Å². The van der Waals surface area contributed by atoms with Crippen molar-refractivity contribution in [2.75, 3.05) is 0 Å². The molecule has 0 spiro atoms.